The third kappa shape index (κ3) is 4.56. The van der Waals surface area contributed by atoms with E-state index in [1.54, 1.807) is 31.4 Å². The number of benzene rings is 3. The van der Waals surface area contributed by atoms with Crippen LogP contribution in [0.1, 0.15) is 33.9 Å². The molecule has 1 N–H and O–H groups in total. The number of carbonyl (C=O) groups is 1. The molecular formula is C24H24N2O4S. The molecule has 1 heterocycles. The highest BCUT2D eigenvalue weighted by atomic mass is 32.2. The minimum Gasteiger partial charge on any atom is -0.497 e. The van der Waals surface area contributed by atoms with Crippen molar-refractivity contribution >= 4 is 21.6 Å². The maximum atomic E-state index is 13.1. The van der Waals surface area contributed by atoms with E-state index in [0.29, 0.717) is 24.2 Å². The van der Waals surface area contributed by atoms with Crippen LogP contribution in [0.4, 0.5) is 5.69 Å². The topological polar surface area (TPSA) is 75.7 Å². The highest BCUT2D eigenvalue weighted by Crippen LogP contribution is 2.27. The zero-order chi connectivity index (χ0) is 21.8. The number of carbonyl (C=O) groups excluding carboxylic acids is 1. The van der Waals surface area contributed by atoms with Gasteiger partial charge in [0.2, 0.25) is 10.0 Å². The van der Waals surface area contributed by atoms with Crippen LogP contribution in [-0.4, -0.2) is 33.7 Å². The van der Waals surface area contributed by atoms with Crippen molar-refractivity contribution in [3.05, 3.63) is 95.6 Å². The summed E-state index contributed by atoms with van der Waals surface area (Å²) in [5, 5.41) is 3.09. The third-order valence-corrected chi connectivity index (χ3v) is 7.22. The van der Waals surface area contributed by atoms with E-state index in [0.717, 1.165) is 16.9 Å². The summed E-state index contributed by atoms with van der Waals surface area (Å²) in [6.07, 6.45) is 0.590. The fourth-order valence-corrected chi connectivity index (χ4v) is 5.30. The SMILES string of the molecule is COc1ccc(C(NC(=O)c2cccc(N3CCCS3(=O)=O)c2)c2ccccc2)cc1. The number of hydrogen-bond acceptors (Lipinski definition) is 4. The van der Waals surface area contributed by atoms with E-state index in [1.165, 1.54) is 4.31 Å². The first kappa shape index (κ1) is 20.9. The van der Waals surface area contributed by atoms with Crippen molar-refractivity contribution in [1.29, 1.82) is 0 Å². The first-order valence-corrected chi connectivity index (χ1v) is 11.7. The van der Waals surface area contributed by atoms with Gasteiger partial charge in [-0.15, -0.1) is 0 Å². The van der Waals surface area contributed by atoms with E-state index in [4.69, 9.17) is 4.74 Å². The van der Waals surface area contributed by atoms with Crippen molar-refractivity contribution < 1.29 is 17.9 Å². The van der Waals surface area contributed by atoms with Crippen LogP contribution in [0.15, 0.2) is 78.9 Å². The minimum absolute atomic E-state index is 0.136. The molecule has 160 valence electrons. The summed E-state index contributed by atoms with van der Waals surface area (Å²) in [5.41, 5.74) is 2.79. The number of hydrogen-bond donors (Lipinski definition) is 1. The Morgan fingerprint density at radius 1 is 0.968 bits per heavy atom. The summed E-state index contributed by atoms with van der Waals surface area (Å²) in [5.74, 6) is 0.598. The van der Waals surface area contributed by atoms with Crippen LogP contribution in [-0.2, 0) is 10.0 Å². The molecule has 0 aromatic heterocycles. The van der Waals surface area contributed by atoms with Crippen LogP contribution >= 0.6 is 0 Å². The number of anilines is 1. The summed E-state index contributed by atoms with van der Waals surface area (Å²) in [6, 6.07) is 23.7. The Kier molecular flexibility index (Phi) is 5.95. The number of amides is 1. The lowest BCUT2D eigenvalue weighted by Gasteiger charge is -2.21. The monoisotopic (exact) mass is 436 g/mol. The lowest BCUT2D eigenvalue weighted by atomic mass is 9.98. The van der Waals surface area contributed by atoms with Gasteiger partial charge in [0, 0.05) is 12.1 Å². The summed E-state index contributed by atoms with van der Waals surface area (Å²) in [7, 11) is -1.70. The molecule has 3 aromatic rings. The van der Waals surface area contributed by atoms with Gasteiger partial charge in [0.05, 0.1) is 24.6 Å². The molecule has 6 nitrogen and oxygen atoms in total. The van der Waals surface area contributed by atoms with Crippen LogP contribution in [0.3, 0.4) is 0 Å². The molecule has 31 heavy (non-hydrogen) atoms. The van der Waals surface area contributed by atoms with E-state index < -0.39 is 10.0 Å². The lowest BCUT2D eigenvalue weighted by Crippen LogP contribution is -2.30. The fourth-order valence-electron chi connectivity index (χ4n) is 3.75. The first-order chi connectivity index (χ1) is 15.0. The Labute approximate surface area is 182 Å². The van der Waals surface area contributed by atoms with Gasteiger partial charge in [-0.05, 0) is 47.9 Å². The third-order valence-electron chi connectivity index (χ3n) is 5.35. The van der Waals surface area contributed by atoms with Crippen LogP contribution in [0.25, 0.3) is 0 Å². The summed E-state index contributed by atoms with van der Waals surface area (Å²) in [6.45, 7) is 0.436. The molecule has 0 bridgehead atoms. The molecule has 1 aliphatic heterocycles. The zero-order valence-electron chi connectivity index (χ0n) is 17.2. The zero-order valence-corrected chi connectivity index (χ0v) is 18.0. The number of sulfonamides is 1. The quantitative estimate of drug-likeness (QED) is 0.639. The number of methoxy groups -OCH3 is 1. The summed E-state index contributed by atoms with van der Waals surface area (Å²) >= 11 is 0. The van der Waals surface area contributed by atoms with Crippen molar-refractivity contribution in [1.82, 2.24) is 5.32 Å². The van der Waals surface area contributed by atoms with Gasteiger partial charge in [-0.25, -0.2) is 8.42 Å². The second-order valence-corrected chi connectivity index (χ2v) is 9.40. The molecule has 1 saturated heterocycles. The molecule has 0 radical (unpaired) electrons. The molecule has 4 rings (SSSR count). The van der Waals surface area contributed by atoms with E-state index in [9.17, 15) is 13.2 Å². The van der Waals surface area contributed by atoms with Gasteiger partial charge in [0.15, 0.2) is 0 Å². The maximum absolute atomic E-state index is 13.1. The first-order valence-electron chi connectivity index (χ1n) is 10.1. The number of rotatable bonds is 6. The van der Waals surface area contributed by atoms with Crippen LogP contribution < -0.4 is 14.4 Å². The summed E-state index contributed by atoms with van der Waals surface area (Å²) in [4.78, 5) is 13.1. The van der Waals surface area contributed by atoms with E-state index in [-0.39, 0.29) is 17.7 Å². The van der Waals surface area contributed by atoms with Gasteiger partial charge >= 0.3 is 0 Å². The predicted octanol–water partition coefficient (Wildman–Crippen LogP) is 3.75. The van der Waals surface area contributed by atoms with Gasteiger partial charge in [0.25, 0.3) is 5.91 Å². The normalized spacial score (nSPS) is 16.0. The van der Waals surface area contributed by atoms with E-state index in [1.807, 2.05) is 54.6 Å². The molecule has 1 fully saturated rings. The molecule has 3 aromatic carbocycles. The van der Waals surface area contributed by atoms with Gasteiger partial charge in [-0.3, -0.25) is 9.10 Å². The van der Waals surface area contributed by atoms with Crippen molar-refractivity contribution in [2.24, 2.45) is 0 Å². The van der Waals surface area contributed by atoms with Gasteiger partial charge in [-0.1, -0.05) is 48.5 Å². The van der Waals surface area contributed by atoms with E-state index in [2.05, 4.69) is 5.32 Å². The average Bonchev–Trinajstić information content (AvgIpc) is 3.17. The Hall–Kier alpha value is -3.32. The Morgan fingerprint density at radius 3 is 2.32 bits per heavy atom. The van der Waals surface area contributed by atoms with Gasteiger partial charge < -0.3 is 10.1 Å². The highest BCUT2D eigenvalue weighted by Gasteiger charge is 2.29. The lowest BCUT2D eigenvalue weighted by molar-refractivity contribution is 0.0943. The minimum atomic E-state index is -3.31. The van der Waals surface area contributed by atoms with Crippen molar-refractivity contribution in [2.45, 2.75) is 12.5 Å². The number of ether oxygens (including phenoxy) is 1. The van der Waals surface area contributed by atoms with Crippen molar-refractivity contribution in [3.8, 4) is 5.75 Å². The van der Waals surface area contributed by atoms with Crippen LogP contribution in [0, 0.1) is 0 Å². The van der Waals surface area contributed by atoms with E-state index >= 15 is 0 Å². The van der Waals surface area contributed by atoms with Crippen LogP contribution in [0.2, 0.25) is 0 Å². The Morgan fingerprint density at radius 2 is 1.68 bits per heavy atom. The molecule has 1 atom stereocenters. The smallest absolute Gasteiger partial charge is 0.252 e. The number of nitrogens with zero attached hydrogens (tertiary/aromatic N) is 1. The second-order valence-electron chi connectivity index (χ2n) is 7.38. The van der Waals surface area contributed by atoms with Gasteiger partial charge in [-0.2, -0.15) is 0 Å². The van der Waals surface area contributed by atoms with Gasteiger partial charge in [0.1, 0.15) is 5.75 Å². The predicted molar refractivity (Wildman–Crippen MR) is 121 cm³/mol. The van der Waals surface area contributed by atoms with Crippen molar-refractivity contribution in [3.63, 3.8) is 0 Å². The number of nitrogens with one attached hydrogen (secondary N) is 1. The molecule has 0 aliphatic carbocycles. The second kappa shape index (κ2) is 8.81. The molecule has 0 saturated carbocycles. The standard InChI is InChI=1S/C24H24N2O4S/c1-30-22-13-11-19(12-14-22)23(18-7-3-2-4-8-18)25-24(27)20-9-5-10-21(17-20)26-15-6-16-31(26,28)29/h2-5,7-14,17,23H,6,15-16H2,1H3,(H,25,27). The maximum Gasteiger partial charge on any atom is 0.252 e. The van der Waals surface area contributed by atoms with Crippen LogP contribution in [0.5, 0.6) is 5.75 Å². The highest BCUT2D eigenvalue weighted by molar-refractivity contribution is 7.93. The fraction of sp³-hybridized carbons (Fsp3) is 0.208. The average molecular weight is 437 g/mol. The molecule has 7 heteroatoms. The Bertz CT molecular complexity index is 1160. The summed E-state index contributed by atoms with van der Waals surface area (Å²) < 4.78 is 31.1. The largest absolute Gasteiger partial charge is 0.497 e. The van der Waals surface area contributed by atoms with Crippen molar-refractivity contribution in [2.75, 3.05) is 23.7 Å². The molecular weight excluding hydrogens is 412 g/mol. The Balaban J connectivity index is 1.63. The molecule has 1 amide bonds. The molecule has 1 unspecified atom stereocenters. The molecule has 0 spiro atoms. The molecule has 1 aliphatic rings.